The lowest BCUT2D eigenvalue weighted by Gasteiger charge is -2.09. The number of carboxylic acids is 1. The smallest absolute Gasteiger partial charge is 0.335 e. The molecule has 1 heterocycles. The topological polar surface area (TPSA) is 70.3 Å². The lowest BCUT2D eigenvalue weighted by atomic mass is 10.1. The summed E-state index contributed by atoms with van der Waals surface area (Å²) in [6.07, 6.45) is 6.12. The predicted octanol–water partition coefficient (Wildman–Crippen LogP) is -0.206. The monoisotopic (exact) mass is 392 g/mol. The van der Waals surface area contributed by atoms with Crippen LogP contribution in [-0.4, -0.2) is 17.0 Å². The molecule has 24 heavy (non-hydrogen) atoms. The van der Waals surface area contributed by atoms with Crippen molar-refractivity contribution < 1.29 is 36.2 Å². The fourth-order valence-corrected chi connectivity index (χ4v) is 2.27. The third-order valence-electron chi connectivity index (χ3n) is 3.61. The van der Waals surface area contributed by atoms with Gasteiger partial charge in [-0.2, -0.15) is 0 Å². The standard InChI is InChI=1S/C18H20N2O3.BrH/c1-14-8-9-15(18(22)23)13-16(14)19-17(21)7-3-6-12-20-10-4-2-5-11-20;/h2,4-5,8-11,13H,3,6-7,12H2,1H3,(H-,19,21,22,23);1H. The van der Waals surface area contributed by atoms with Crippen LogP contribution in [0.4, 0.5) is 5.69 Å². The van der Waals surface area contributed by atoms with Crippen LogP contribution in [0.15, 0.2) is 48.8 Å². The lowest BCUT2D eigenvalue weighted by Crippen LogP contribution is -3.00. The van der Waals surface area contributed by atoms with Crippen molar-refractivity contribution in [2.45, 2.75) is 32.7 Å². The molecule has 0 aliphatic heterocycles. The Labute approximate surface area is 152 Å². The molecular weight excluding hydrogens is 372 g/mol. The highest BCUT2D eigenvalue weighted by atomic mass is 79.9. The zero-order valence-electron chi connectivity index (χ0n) is 13.5. The van der Waals surface area contributed by atoms with E-state index in [9.17, 15) is 9.59 Å². The van der Waals surface area contributed by atoms with Crippen molar-refractivity contribution >= 4 is 17.6 Å². The number of unbranched alkanes of at least 4 members (excludes halogenated alkanes) is 1. The van der Waals surface area contributed by atoms with Gasteiger partial charge >= 0.3 is 5.97 Å². The molecule has 1 aromatic heterocycles. The van der Waals surface area contributed by atoms with Gasteiger partial charge in [0.2, 0.25) is 5.91 Å². The van der Waals surface area contributed by atoms with E-state index >= 15 is 0 Å². The number of pyridine rings is 1. The molecule has 1 amide bonds. The number of rotatable bonds is 7. The second kappa shape index (κ2) is 9.82. The number of carbonyl (C=O) groups excluding carboxylic acids is 1. The minimum Gasteiger partial charge on any atom is -1.00 e. The van der Waals surface area contributed by atoms with Gasteiger partial charge < -0.3 is 27.4 Å². The Balaban J connectivity index is 0.00000288. The van der Waals surface area contributed by atoms with E-state index in [2.05, 4.69) is 9.88 Å². The van der Waals surface area contributed by atoms with Crippen molar-refractivity contribution in [1.29, 1.82) is 0 Å². The van der Waals surface area contributed by atoms with Gasteiger partial charge in [0.25, 0.3) is 0 Å². The Morgan fingerprint density at radius 1 is 1.12 bits per heavy atom. The van der Waals surface area contributed by atoms with Gasteiger partial charge in [-0.15, -0.1) is 0 Å². The van der Waals surface area contributed by atoms with Gasteiger partial charge in [-0.3, -0.25) is 4.79 Å². The molecule has 0 radical (unpaired) electrons. The molecular formula is C18H21BrN2O3. The Bertz CT molecular complexity index is 690. The minimum absolute atomic E-state index is 0. The Morgan fingerprint density at radius 3 is 2.50 bits per heavy atom. The second-order valence-corrected chi connectivity index (χ2v) is 5.45. The summed E-state index contributed by atoms with van der Waals surface area (Å²) < 4.78 is 2.08. The molecule has 6 heteroatoms. The molecule has 0 fully saturated rings. The number of carboxylic acid groups (broad SMARTS) is 1. The van der Waals surface area contributed by atoms with Crippen LogP contribution >= 0.6 is 0 Å². The summed E-state index contributed by atoms with van der Waals surface area (Å²) in [4.78, 5) is 23.0. The zero-order chi connectivity index (χ0) is 16.7. The third kappa shape index (κ3) is 6.12. The molecule has 0 unspecified atom stereocenters. The summed E-state index contributed by atoms with van der Waals surface area (Å²) in [6.45, 7) is 2.72. The van der Waals surface area contributed by atoms with E-state index < -0.39 is 5.97 Å². The number of benzene rings is 1. The molecule has 0 aliphatic carbocycles. The van der Waals surface area contributed by atoms with Crippen molar-refractivity contribution in [2.24, 2.45) is 0 Å². The van der Waals surface area contributed by atoms with Crippen molar-refractivity contribution in [3.05, 3.63) is 59.9 Å². The number of nitrogens with zero attached hydrogens (tertiary/aromatic N) is 1. The average molecular weight is 393 g/mol. The Kier molecular flexibility index (Phi) is 8.12. The first-order valence-electron chi connectivity index (χ1n) is 7.64. The minimum atomic E-state index is -1.000. The van der Waals surface area contributed by atoms with Gasteiger partial charge in [-0.1, -0.05) is 12.1 Å². The highest BCUT2D eigenvalue weighted by molar-refractivity contribution is 5.94. The first kappa shape index (κ1) is 19.8. The molecule has 128 valence electrons. The van der Waals surface area contributed by atoms with E-state index in [0.717, 1.165) is 24.9 Å². The maximum atomic E-state index is 12.0. The SMILES string of the molecule is Cc1ccc(C(=O)O)cc1NC(=O)CCCC[n+]1ccccc1.[Br-]. The largest absolute Gasteiger partial charge is 1.00 e. The van der Waals surface area contributed by atoms with Gasteiger partial charge in [0.15, 0.2) is 12.4 Å². The van der Waals surface area contributed by atoms with Crippen molar-refractivity contribution in [1.82, 2.24) is 0 Å². The van der Waals surface area contributed by atoms with Crippen molar-refractivity contribution in [3.8, 4) is 0 Å². The maximum absolute atomic E-state index is 12.0. The molecule has 0 aliphatic rings. The summed E-state index contributed by atoms with van der Waals surface area (Å²) >= 11 is 0. The van der Waals surface area contributed by atoms with E-state index in [1.165, 1.54) is 12.1 Å². The van der Waals surface area contributed by atoms with Gasteiger partial charge in [-0.25, -0.2) is 9.36 Å². The van der Waals surface area contributed by atoms with Gasteiger partial charge in [0.1, 0.15) is 6.54 Å². The van der Waals surface area contributed by atoms with Crippen LogP contribution in [0.2, 0.25) is 0 Å². The third-order valence-corrected chi connectivity index (χ3v) is 3.61. The molecule has 2 N–H and O–H groups in total. The number of amides is 1. The van der Waals surface area contributed by atoms with E-state index in [0.29, 0.717) is 12.1 Å². The van der Waals surface area contributed by atoms with Gasteiger partial charge in [0.05, 0.1) is 5.56 Å². The van der Waals surface area contributed by atoms with Crippen LogP contribution in [0.3, 0.4) is 0 Å². The number of nitrogens with one attached hydrogen (secondary N) is 1. The first-order valence-corrected chi connectivity index (χ1v) is 7.64. The quantitative estimate of drug-likeness (QED) is 0.506. The van der Waals surface area contributed by atoms with E-state index in [1.807, 2.05) is 37.5 Å². The Hall–Kier alpha value is -2.21. The second-order valence-electron chi connectivity index (χ2n) is 5.45. The molecule has 0 bridgehead atoms. The van der Waals surface area contributed by atoms with E-state index in [1.54, 1.807) is 6.07 Å². The molecule has 0 atom stereocenters. The number of aromatic nitrogens is 1. The maximum Gasteiger partial charge on any atom is 0.335 e. The fourth-order valence-electron chi connectivity index (χ4n) is 2.27. The Morgan fingerprint density at radius 2 is 1.83 bits per heavy atom. The van der Waals surface area contributed by atoms with E-state index in [4.69, 9.17) is 5.11 Å². The number of aryl methyl sites for hydroxylation is 2. The van der Waals surface area contributed by atoms with Crippen LogP contribution in [-0.2, 0) is 11.3 Å². The van der Waals surface area contributed by atoms with Crippen LogP contribution in [0.1, 0.15) is 35.2 Å². The molecule has 5 nitrogen and oxygen atoms in total. The van der Waals surface area contributed by atoms with Crippen molar-refractivity contribution in [2.75, 3.05) is 5.32 Å². The summed E-state index contributed by atoms with van der Waals surface area (Å²) in [5.41, 5.74) is 1.59. The average Bonchev–Trinajstić information content (AvgIpc) is 2.54. The lowest BCUT2D eigenvalue weighted by molar-refractivity contribution is -0.697. The normalized spacial score (nSPS) is 9.88. The number of hydrogen-bond donors (Lipinski definition) is 2. The number of carbonyl (C=O) groups is 2. The highest BCUT2D eigenvalue weighted by Crippen LogP contribution is 2.17. The molecule has 1 aromatic carbocycles. The van der Waals surface area contributed by atoms with Crippen LogP contribution in [0.5, 0.6) is 0 Å². The summed E-state index contributed by atoms with van der Waals surface area (Å²) in [6, 6.07) is 10.7. The highest BCUT2D eigenvalue weighted by Gasteiger charge is 2.09. The fraction of sp³-hybridized carbons (Fsp3) is 0.278. The molecule has 0 saturated carbocycles. The summed E-state index contributed by atoms with van der Waals surface area (Å²) in [5.74, 6) is -1.09. The van der Waals surface area contributed by atoms with Crippen LogP contribution < -0.4 is 26.9 Å². The number of hydrogen-bond acceptors (Lipinski definition) is 2. The number of anilines is 1. The predicted molar refractivity (Wildman–Crippen MR) is 87.3 cm³/mol. The number of halogens is 1. The van der Waals surface area contributed by atoms with Gasteiger partial charge in [-0.05, 0) is 31.0 Å². The first-order chi connectivity index (χ1) is 11.1. The zero-order valence-corrected chi connectivity index (χ0v) is 15.1. The van der Waals surface area contributed by atoms with E-state index in [-0.39, 0.29) is 28.5 Å². The molecule has 0 spiro atoms. The molecule has 0 saturated heterocycles. The molecule has 2 rings (SSSR count). The van der Waals surface area contributed by atoms with Gasteiger partial charge in [0, 0.05) is 30.7 Å². The summed E-state index contributed by atoms with van der Waals surface area (Å²) in [7, 11) is 0. The number of aromatic carboxylic acids is 1. The molecule has 2 aromatic rings. The van der Waals surface area contributed by atoms with Crippen molar-refractivity contribution in [3.63, 3.8) is 0 Å². The van der Waals surface area contributed by atoms with Crippen LogP contribution in [0.25, 0.3) is 0 Å². The van der Waals surface area contributed by atoms with Crippen LogP contribution in [0, 0.1) is 6.92 Å². The summed E-state index contributed by atoms with van der Waals surface area (Å²) in [5, 5.41) is 11.8.